The van der Waals surface area contributed by atoms with E-state index in [1.54, 1.807) is 6.92 Å². The van der Waals surface area contributed by atoms with E-state index in [1.807, 2.05) is 6.92 Å². The number of nitrogens with one attached hydrogen (secondary N) is 1. The number of hydrogen-bond donors (Lipinski definition) is 3. The molecule has 0 radical (unpaired) electrons. The SMILES string of the molecule is CCn1nc(C)c([N+](=O)[O-])c1NCC(C)(O)CO. The van der Waals surface area contributed by atoms with E-state index in [-0.39, 0.29) is 18.1 Å². The first kappa shape index (κ1) is 14.4. The van der Waals surface area contributed by atoms with Gasteiger partial charge in [0.05, 0.1) is 11.5 Å². The third-order valence-corrected chi connectivity index (χ3v) is 2.56. The van der Waals surface area contributed by atoms with Crippen LogP contribution in [-0.4, -0.2) is 43.7 Å². The predicted molar refractivity (Wildman–Crippen MR) is 65.5 cm³/mol. The van der Waals surface area contributed by atoms with Crippen molar-refractivity contribution in [2.75, 3.05) is 18.5 Å². The molecule has 0 bridgehead atoms. The van der Waals surface area contributed by atoms with Gasteiger partial charge in [0.1, 0.15) is 11.3 Å². The van der Waals surface area contributed by atoms with Gasteiger partial charge in [0.25, 0.3) is 0 Å². The van der Waals surface area contributed by atoms with Crippen LogP contribution in [0.5, 0.6) is 0 Å². The first-order chi connectivity index (χ1) is 8.32. The third kappa shape index (κ3) is 2.96. The van der Waals surface area contributed by atoms with Crippen LogP contribution in [0, 0.1) is 17.0 Å². The van der Waals surface area contributed by atoms with Gasteiger partial charge >= 0.3 is 5.69 Å². The number of rotatable bonds is 6. The first-order valence-corrected chi connectivity index (χ1v) is 5.61. The van der Waals surface area contributed by atoms with Gasteiger partial charge in [-0.05, 0) is 20.8 Å². The van der Waals surface area contributed by atoms with Crippen molar-refractivity contribution in [2.45, 2.75) is 32.9 Å². The Morgan fingerprint density at radius 2 is 2.22 bits per heavy atom. The maximum atomic E-state index is 11.0. The zero-order valence-corrected chi connectivity index (χ0v) is 10.7. The lowest BCUT2D eigenvalue weighted by Crippen LogP contribution is -2.37. The van der Waals surface area contributed by atoms with Crippen LogP contribution in [0.4, 0.5) is 11.5 Å². The van der Waals surface area contributed by atoms with Crippen molar-refractivity contribution in [3.8, 4) is 0 Å². The Balaban J connectivity index is 3.03. The molecule has 1 aromatic rings. The molecule has 1 atom stereocenters. The standard InChI is InChI=1S/C10H18N4O4/c1-4-13-9(11-5-10(3,16)6-15)8(14(17)18)7(2)12-13/h11,15-16H,4-6H2,1-3H3. The van der Waals surface area contributed by atoms with Crippen LogP contribution < -0.4 is 5.32 Å². The van der Waals surface area contributed by atoms with Gasteiger partial charge in [0.15, 0.2) is 0 Å². The summed E-state index contributed by atoms with van der Waals surface area (Å²) in [5.41, 5.74) is -1.14. The largest absolute Gasteiger partial charge is 0.393 e. The Hall–Kier alpha value is -1.67. The Morgan fingerprint density at radius 3 is 2.67 bits per heavy atom. The van der Waals surface area contributed by atoms with Gasteiger partial charge in [-0.1, -0.05) is 0 Å². The summed E-state index contributed by atoms with van der Waals surface area (Å²) in [5, 5.41) is 36.4. The van der Waals surface area contributed by atoms with E-state index >= 15 is 0 Å². The van der Waals surface area contributed by atoms with Gasteiger partial charge in [0, 0.05) is 13.1 Å². The summed E-state index contributed by atoms with van der Waals surface area (Å²) >= 11 is 0. The van der Waals surface area contributed by atoms with Gasteiger partial charge in [-0.25, -0.2) is 4.68 Å². The zero-order chi connectivity index (χ0) is 13.9. The zero-order valence-electron chi connectivity index (χ0n) is 10.7. The molecular formula is C10H18N4O4. The molecule has 0 aliphatic heterocycles. The summed E-state index contributed by atoms with van der Waals surface area (Å²) in [6.45, 7) is 4.83. The Bertz CT molecular complexity index is 441. The third-order valence-electron chi connectivity index (χ3n) is 2.56. The number of nitro groups is 1. The number of hydrogen-bond acceptors (Lipinski definition) is 6. The number of nitrogens with zero attached hydrogens (tertiary/aromatic N) is 3. The number of aromatic nitrogens is 2. The number of aryl methyl sites for hydroxylation is 2. The molecule has 0 saturated heterocycles. The Labute approximate surface area is 104 Å². The molecule has 18 heavy (non-hydrogen) atoms. The molecule has 1 rings (SSSR count). The van der Waals surface area contributed by atoms with Gasteiger partial charge in [-0.15, -0.1) is 0 Å². The van der Waals surface area contributed by atoms with Crippen molar-refractivity contribution in [1.29, 1.82) is 0 Å². The second-order valence-electron chi connectivity index (χ2n) is 4.36. The van der Waals surface area contributed by atoms with Gasteiger partial charge in [-0.3, -0.25) is 10.1 Å². The van der Waals surface area contributed by atoms with Crippen LogP contribution in [0.3, 0.4) is 0 Å². The van der Waals surface area contributed by atoms with Crippen molar-refractivity contribution in [3.05, 3.63) is 15.8 Å². The van der Waals surface area contributed by atoms with E-state index in [9.17, 15) is 15.2 Å². The van der Waals surface area contributed by atoms with Crippen LogP contribution >= 0.6 is 0 Å². The second kappa shape index (κ2) is 5.32. The van der Waals surface area contributed by atoms with E-state index in [2.05, 4.69) is 10.4 Å². The summed E-state index contributed by atoms with van der Waals surface area (Å²) in [5.74, 6) is 0.244. The minimum absolute atomic E-state index is 0.00449. The van der Waals surface area contributed by atoms with Crippen LogP contribution in [-0.2, 0) is 6.54 Å². The molecule has 0 aliphatic carbocycles. The van der Waals surface area contributed by atoms with E-state index < -0.39 is 17.1 Å². The second-order valence-corrected chi connectivity index (χ2v) is 4.36. The lowest BCUT2D eigenvalue weighted by Gasteiger charge is -2.21. The maximum absolute atomic E-state index is 11.0. The highest BCUT2D eigenvalue weighted by Gasteiger charge is 2.27. The Kier molecular flexibility index (Phi) is 4.25. The van der Waals surface area contributed by atoms with E-state index in [0.29, 0.717) is 12.2 Å². The molecule has 1 aromatic heterocycles. The number of aliphatic hydroxyl groups excluding tert-OH is 1. The van der Waals surface area contributed by atoms with Crippen molar-refractivity contribution in [3.63, 3.8) is 0 Å². The molecule has 0 amide bonds. The molecule has 8 nitrogen and oxygen atoms in total. The smallest absolute Gasteiger partial charge is 0.333 e. The summed E-state index contributed by atoms with van der Waals surface area (Å²) in [6, 6.07) is 0. The van der Waals surface area contributed by atoms with Gasteiger partial charge < -0.3 is 15.5 Å². The van der Waals surface area contributed by atoms with Crippen LogP contribution in [0.25, 0.3) is 0 Å². The molecule has 3 N–H and O–H groups in total. The van der Waals surface area contributed by atoms with Crippen molar-refractivity contribution in [2.24, 2.45) is 0 Å². The van der Waals surface area contributed by atoms with E-state index in [4.69, 9.17) is 5.11 Å². The molecule has 0 saturated carbocycles. The monoisotopic (exact) mass is 258 g/mol. The van der Waals surface area contributed by atoms with Crippen molar-refractivity contribution < 1.29 is 15.1 Å². The topological polar surface area (TPSA) is 113 Å². The summed E-state index contributed by atoms with van der Waals surface area (Å²) < 4.78 is 1.46. The predicted octanol–water partition coefficient (Wildman–Crippen LogP) is 0.275. The van der Waals surface area contributed by atoms with Crippen molar-refractivity contribution in [1.82, 2.24) is 9.78 Å². The summed E-state index contributed by atoms with van der Waals surface area (Å²) in [6.07, 6.45) is 0. The molecule has 0 fully saturated rings. The van der Waals surface area contributed by atoms with Crippen LogP contribution in [0.2, 0.25) is 0 Å². The normalized spacial score (nSPS) is 14.3. The van der Waals surface area contributed by atoms with Crippen LogP contribution in [0.15, 0.2) is 0 Å². The molecule has 0 aromatic carbocycles. The molecule has 1 unspecified atom stereocenters. The lowest BCUT2D eigenvalue weighted by atomic mass is 10.1. The minimum Gasteiger partial charge on any atom is -0.393 e. The highest BCUT2D eigenvalue weighted by molar-refractivity contribution is 5.59. The fraction of sp³-hybridized carbons (Fsp3) is 0.700. The fourth-order valence-electron chi connectivity index (χ4n) is 1.52. The van der Waals surface area contributed by atoms with Gasteiger partial charge in [-0.2, -0.15) is 5.10 Å². The molecule has 102 valence electrons. The van der Waals surface area contributed by atoms with Crippen LogP contribution in [0.1, 0.15) is 19.5 Å². The first-order valence-electron chi connectivity index (χ1n) is 5.61. The lowest BCUT2D eigenvalue weighted by molar-refractivity contribution is -0.384. The summed E-state index contributed by atoms with van der Waals surface area (Å²) in [4.78, 5) is 10.5. The summed E-state index contributed by atoms with van der Waals surface area (Å²) in [7, 11) is 0. The molecular weight excluding hydrogens is 240 g/mol. The minimum atomic E-state index is -1.34. The molecule has 0 aliphatic rings. The quantitative estimate of drug-likeness (QED) is 0.498. The maximum Gasteiger partial charge on any atom is 0.333 e. The van der Waals surface area contributed by atoms with Gasteiger partial charge in [0.2, 0.25) is 5.82 Å². The van der Waals surface area contributed by atoms with Crippen molar-refractivity contribution >= 4 is 11.5 Å². The van der Waals surface area contributed by atoms with E-state index in [1.165, 1.54) is 11.6 Å². The number of anilines is 1. The van der Waals surface area contributed by atoms with E-state index in [0.717, 1.165) is 0 Å². The Morgan fingerprint density at radius 1 is 1.61 bits per heavy atom. The highest BCUT2D eigenvalue weighted by atomic mass is 16.6. The fourth-order valence-corrected chi connectivity index (χ4v) is 1.52. The molecule has 1 heterocycles. The average Bonchev–Trinajstić information content (AvgIpc) is 2.63. The number of aliphatic hydroxyl groups is 2. The molecule has 8 heteroatoms. The molecule has 0 spiro atoms. The highest BCUT2D eigenvalue weighted by Crippen LogP contribution is 2.28. The average molecular weight is 258 g/mol.